The second kappa shape index (κ2) is 7.40. The van der Waals surface area contributed by atoms with Crippen LogP contribution >= 0.6 is 0 Å². The molecule has 0 saturated carbocycles. The zero-order valence-electron chi connectivity index (χ0n) is 13.7. The second-order valence-electron chi connectivity index (χ2n) is 6.33. The van der Waals surface area contributed by atoms with Gasteiger partial charge in [0, 0.05) is 32.3 Å². The van der Waals surface area contributed by atoms with Gasteiger partial charge in [-0.15, -0.1) is 5.10 Å². The molecule has 5 heteroatoms. The van der Waals surface area contributed by atoms with Crippen molar-refractivity contribution in [2.75, 3.05) is 13.1 Å². The van der Waals surface area contributed by atoms with Crippen molar-refractivity contribution >= 4 is 5.91 Å². The van der Waals surface area contributed by atoms with Gasteiger partial charge in [0.25, 0.3) is 0 Å². The Morgan fingerprint density at radius 3 is 2.78 bits per heavy atom. The maximum Gasteiger partial charge on any atom is 0.222 e. The fourth-order valence-corrected chi connectivity index (χ4v) is 3.12. The number of carbonyl (C=O) groups excluding carboxylic acids is 1. The molecule has 5 nitrogen and oxygen atoms in total. The monoisotopic (exact) mass is 312 g/mol. The van der Waals surface area contributed by atoms with E-state index >= 15 is 0 Å². The van der Waals surface area contributed by atoms with E-state index in [1.54, 1.807) is 0 Å². The van der Waals surface area contributed by atoms with Crippen LogP contribution in [0.15, 0.2) is 36.5 Å². The van der Waals surface area contributed by atoms with Crippen LogP contribution in [0.3, 0.4) is 0 Å². The molecule has 0 aliphatic carbocycles. The first-order valence-electron chi connectivity index (χ1n) is 8.44. The van der Waals surface area contributed by atoms with Crippen molar-refractivity contribution in [1.29, 1.82) is 0 Å². The molecule has 0 unspecified atom stereocenters. The number of aryl methyl sites for hydroxylation is 1. The zero-order chi connectivity index (χ0) is 16.1. The molecule has 0 bridgehead atoms. The highest BCUT2D eigenvalue weighted by atomic mass is 16.2. The summed E-state index contributed by atoms with van der Waals surface area (Å²) in [6.07, 6.45) is 5.58. The van der Waals surface area contributed by atoms with E-state index in [-0.39, 0.29) is 0 Å². The molecule has 1 saturated heterocycles. The van der Waals surface area contributed by atoms with Gasteiger partial charge in [-0.2, -0.15) is 0 Å². The van der Waals surface area contributed by atoms with E-state index in [4.69, 9.17) is 0 Å². The number of amides is 1. The fraction of sp³-hybridized carbons (Fsp3) is 0.500. The van der Waals surface area contributed by atoms with Crippen LogP contribution in [0.25, 0.3) is 0 Å². The minimum absolute atomic E-state index is 0.293. The largest absolute Gasteiger partial charge is 0.343 e. The normalized spacial score (nSPS) is 16.0. The van der Waals surface area contributed by atoms with Gasteiger partial charge >= 0.3 is 0 Å². The molecule has 0 spiro atoms. The molecule has 0 radical (unpaired) electrons. The Morgan fingerprint density at radius 1 is 1.22 bits per heavy atom. The van der Waals surface area contributed by atoms with E-state index in [1.807, 2.05) is 21.8 Å². The molecule has 1 aromatic carbocycles. The predicted octanol–water partition coefficient (Wildman–Crippen LogP) is 2.64. The lowest BCUT2D eigenvalue weighted by molar-refractivity contribution is -0.127. The van der Waals surface area contributed by atoms with Crippen molar-refractivity contribution in [1.82, 2.24) is 19.9 Å². The Hall–Kier alpha value is -2.17. The lowest BCUT2D eigenvalue weighted by atomic mass is 9.97. The topological polar surface area (TPSA) is 51.0 Å². The van der Waals surface area contributed by atoms with Crippen molar-refractivity contribution in [2.24, 2.45) is 0 Å². The SMILES string of the molecule is C[C@H](Cc1cn(CCCN2CCCC2=O)nn1)c1ccccc1. The molecule has 1 amide bonds. The van der Waals surface area contributed by atoms with Crippen LogP contribution in [0.2, 0.25) is 0 Å². The fourth-order valence-electron chi connectivity index (χ4n) is 3.12. The van der Waals surface area contributed by atoms with Crippen LogP contribution in [0.5, 0.6) is 0 Å². The van der Waals surface area contributed by atoms with Crippen LogP contribution in [-0.2, 0) is 17.8 Å². The predicted molar refractivity (Wildman–Crippen MR) is 89.0 cm³/mol. The Bertz CT molecular complexity index is 637. The highest BCUT2D eigenvalue weighted by Gasteiger charge is 2.19. The van der Waals surface area contributed by atoms with Gasteiger partial charge in [-0.3, -0.25) is 9.48 Å². The Morgan fingerprint density at radius 2 is 2.04 bits per heavy atom. The molecule has 23 heavy (non-hydrogen) atoms. The van der Waals surface area contributed by atoms with Crippen LogP contribution in [-0.4, -0.2) is 38.9 Å². The van der Waals surface area contributed by atoms with Gasteiger partial charge in [0.1, 0.15) is 0 Å². The summed E-state index contributed by atoms with van der Waals surface area (Å²) in [5, 5.41) is 8.49. The highest BCUT2D eigenvalue weighted by Crippen LogP contribution is 2.18. The third-order valence-corrected chi connectivity index (χ3v) is 4.46. The number of rotatable bonds is 7. The molecule has 1 fully saturated rings. The molecular weight excluding hydrogens is 288 g/mol. The van der Waals surface area contributed by atoms with Crippen LogP contribution in [0.1, 0.15) is 43.4 Å². The average Bonchev–Trinajstić information content (AvgIpc) is 3.18. The summed E-state index contributed by atoms with van der Waals surface area (Å²) in [6.45, 7) is 4.77. The molecule has 122 valence electrons. The lowest BCUT2D eigenvalue weighted by Crippen LogP contribution is -2.26. The molecular formula is C18H24N4O. The molecule has 2 aromatic rings. The summed E-state index contributed by atoms with van der Waals surface area (Å²) < 4.78 is 1.90. The minimum Gasteiger partial charge on any atom is -0.343 e. The molecule has 1 aliphatic rings. The van der Waals surface area contributed by atoms with Crippen LogP contribution < -0.4 is 0 Å². The summed E-state index contributed by atoms with van der Waals surface area (Å²) in [4.78, 5) is 13.5. The molecule has 2 heterocycles. The Kier molecular flexibility index (Phi) is 5.05. The number of likely N-dealkylation sites (tertiary alicyclic amines) is 1. The van der Waals surface area contributed by atoms with E-state index in [9.17, 15) is 4.79 Å². The van der Waals surface area contributed by atoms with E-state index in [2.05, 4.69) is 41.5 Å². The molecule has 3 rings (SSSR count). The lowest BCUT2D eigenvalue weighted by Gasteiger charge is -2.14. The first-order valence-corrected chi connectivity index (χ1v) is 8.44. The summed E-state index contributed by atoms with van der Waals surface area (Å²) in [6, 6.07) is 10.5. The van der Waals surface area contributed by atoms with Crippen molar-refractivity contribution < 1.29 is 4.79 Å². The molecule has 1 atom stereocenters. The van der Waals surface area contributed by atoms with Crippen LogP contribution in [0, 0.1) is 0 Å². The van der Waals surface area contributed by atoms with Crippen molar-refractivity contribution in [3.8, 4) is 0 Å². The van der Waals surface area contributed by atoms with E-state index < -0.39 is 0 Å². The number of hydrogen-bond acceptors (Lipinski definition) is 3. The Labute approximate surface area is 137 Å². The quantitative estimate of drug-likeness (QED) is 0.790. The minimum atomic E-state index is 0.293. The smallest absolute Gasteiger partial charge is 0.222 e. The van der Waals surface area contributed by atoms with Crippen molar-refractivity contribution in [2.45, 2.75) is 45.1 Å². The number of hydrogen-bond donors (Lipinski definition) is 0. The molecule has 1 aromatic heterocycles. The van der Waals surface area contributed by atoms with Gasteiger partial charge in [0.05, 0.1) is 5.69 Å². The third-order valence-electron chi connectivity index (χ3n) is 4.46. The zero-order valence-corrected chi connectivity index (χ0v) is 13.7. The maximum atomic E-state index is 11.6. The van der Waals surface area contributed by atoms with Crippen molar-refractivity contribution in [3.63, 3.8) is 0 Å². The van der Waals surface area contributed by atoms with E-state index in [0.29, 0.717) is 18.2 Å². The number of nitrogens with zero attached hydrogens (tertiary/aromatic N) is 4. The summed E-state index contributed by atoms with van der Waals surface area (Å²) >= 11 is 0. The number of benzene rings is 1. The first-order chi connectivity index (χ1) is 11.2. The summed E-state index contributed by atoms with van der Waals surface area (Å²) in [5.41, 5.74) is 2.35. The molecule has 1 aliphatic heterocycles. The van der Waals surface area contributed by atoms with Gasteiger partial charge in [0.2, 0.25) is 5.91 Å². The van der Waals surface area contributed by atoms with E-state index in [1.165, 1.54) is 5.56 Å². The summed E-state index contributed by atoms with van der Waals surface area (Å²) in [5.74, 6) is 0.726. The third kappa shape index (κ3) is 4.18. The van der Waals surface area contributed by atoms with Crippen LogP contribution in [0.4, 0.5) is 0 Å². The van der Waals surface area contributed by atoms with E-state index in [0.717, 1.165) is 44.6 Å². The summed E-state index contributed by atoms with van der Waals surface area (Å²) in [7, 11) is 0. The number of carbonyl (C=O) groups is 1. The standard InChI is InChI=1S/C18H24N4O/c1-15(16-7-3-2-4-8-16)13-17-14-22(20-19-17)12-6-11-21-10-5-9-18(21)23/h2-4,7-8,14-15H,5-6,9-13H2,1H3/t15-/m1/s1. The Balaban J connectivity index is 1.47. The van der Waals surface area contributed by atoms with Gasteiger partial charge < -0.3 is 4.90 Å². The van der Waals surface area contributed by atoms with Crippen molar-refractivity contribution in [3.05, 3.63) is 47.8 Å². The van der Waals surface area contributed by atoms with Gasteiger partial charge in [-0.05, 0) is 30.7 Å². The maximum absolute atomic E-state index is 11.6. The van der Waals surface area contributed by atoms with Gasteiger partial charge in [-0.25, -0.2) is 0 Å². The first kappa shape index (κ1) is 15.7. The average molecular weight is 312 g/mol. The molecule has 0 N–H and O–H groups in total. The van der Waals surface area contributed by atoms with Gasteiger partial charge in [-0.1, -0.05) is 42.5 Å². The van der Waals surface area contributed by atoms with Gasteiger partial charge in [0.15, 0.2) is 0 Å². The highest BCUT2D eigenvalue weighted by molar-refractivity contribution is 5.77. The number of aromatic nitrogens is 3. The second-order valence-corrected chi connectivity index (χ2v) is 6.33.